The molecule has 0 aromatic heterocycles. The third-order valence-electron chi connectivity index (χ3n) is 1.58. The van der Waals surface area contributed by atoms with Gasteiger partial charge in [0.25, 0.3) is 0 Å². The first kappa shape index (κ1) is 11.6. The molecule has 0 spiro atoms. The molecular weight excluding hydrogens is 152 g/mol. The van der Waals surface area contributed by atoms with Crippen LogP contribution in [0.5, 0.6) is 0 Å². The van der Waals surface area contributed by atoms with Gasteiger partial charge in [0.1, 0.15) is 5.78 Å². The van der Waals surface area contributed by atoms with Crippen LogP contribution in [0, 0.1) is 5.41 Å². The van der Waals surface area contributed by atoms with Crippen molar-refractivity contribution in [2.75, 3.05) is 6.61 Å². The Labute approximate surface area is 75.0 Å². The largest absolute Gasteiger partial charge is 0.300 e. The molecule has 0 saturated heterocycles. The predicted octanol–water partition coefficient (Wildman–Crippen LogP) is 2.59. The van der Waals surface area contributed by atoms with Crippen molar-refractivity contribution in [3.63, 3.8) is 0 Å². The van der Waals surface area contributed by atoms with Crippen LogP contribution >= 0.6 is 0 Å². The minimum absolute atomic E-state index is 0.0528. The van der Waals surface area contributed by atoms with Crippen molar-refractivity contribution < 1.29 is 9.90 Å². The van der Waals surface area contributed by atoms with E-state index in [0.29, 0.717) is 19.3 Å². The van der Waals surface area contributed by atoms with Gasteiger partial charge in [-0.15, -0.1) is 0 Å². The average molecular weight is 171 g/mol. The zero-order chi connectivity index (χ0) is 9.61. The van der Waals surface area contributed by atoms with E-state index >= 15 is 0 Å². The first-order valence-electron chi connectivity index (χ1n) is 4.55. The lowest BCUT2D eigenvalue weighted by Crippen LogP contribution is -2.12. The molecule has 1 radical (unpaired) electrons. The second kappa shape index (κ2) is 5.31. The summed E-state index contributed by atoms with van der Waals surface area (Å²) in [5.74, 6) is 0.288. The maximum Gasteiger partial charge on any atom is 0.133 e. The second-order valence-corrected chi connectivity index (χ2v) is 4.44. The summed E-state index contributed by atoms with van der Waals surface area (Å²) in [6, 6.07) is 0. The van der Waals surface area contributed by atoms with Crippen LogP contribution in [0.1, 0.15) is 46.5 Å². The van der Waals surface area contributed by atoms with Crippen molar-refractivity contribution in [2.24, 2.45) is 5.41 Å². The minimum atomic E-state index is -0.0528. The Morgan fingerprint density at radius 3 is 2.17 bits per heavy atom. The average Bonchev–Trinajstić information content (AvgIpc) is 1.84. The summed E-state index contributed by atoms with van der Waals surface area (Å²) in [5.41, 5.74) is 0.0918. The highest BCUT2D eigenvalue weighted by atomic mass is 16.2. The highest BCUT2D eigenvalue weighted by Crippen LogP contribution is 2.20. The summed E-state index contributed by atoms with van der Waals surface area (Å²) < 4.78 is 0. The van der Waals surface area contributed by atoms with Crippen LogP contribution in [-0.4, -0.2) is 12.4 Å². The van der Waals surface area contributed by atoms with E-state index in [2.05, 4.69) is 20.8 Å². The SMILES string of the molecule is CC(C)(C)CC(=O)CCCC[O]. The van der Waals surface area contributed by atoms with Crippen LogP contribution in [0.25, 0.3) is 0 Å². The molecule has 12 heavy (non-hydrogen) atoms. The Bertz CT molecular complexity index is 133. The normalized spacial score (nSPS) is 11.7. The molecule has 2 nitrogen and oxygen atoms in total. The summed E-state index contributed by atoms with van der Waals surface area (Å²) in [6.07, 6.45) is 2.61. The van der Waals surface area contributed by atoms with Crippen LogP contribution in [0.3, 0.4) is 0 Å². The predicted molar refractivity (Wildman–Crippen MR) is 48.5 cm³/mol. The third kappa shape index (κ3) is 7.73. The van der Waals surface area contributed by atoms with E-state index in [1.165, 1.54) is 0 Å². The molecule has 71 valence electrons. The summed E-state index contributed by atoms with van der Waals surface area (Å²) in [4.78, 5) is 11.2. The Kier molecular flexibility index (Phi) is 5.14. The zero-order valence-electron chi connectivity index (χ0n) is 8.35. The molecule has 0 saturated carbocycles. The molecule has 0 rings (SSSR count). The van der Waals surface area contributed by atoms with E-state index in [1.807, 2.05) is 0 Å². The highest BCUT2D eigenvalue weighted by molar-refractivity contribution is 5.78. The van der Waals surface area contributed by atoms with Crippen LogP contribution in [0.4, 0.5) is 0 Å². The van der Waals surface area contributed by atoms with Crippen molar-refractivity contribution in [3.8, 4) is 0 Å². The number of rotatable bonds is 5. The smallest absolute Gasteiger partial charge is 0.133 e. The number of hydrogen-bond acceptors (Lipinski definition) is 1. The van der Waals surface area contributed by atoms with Gasteiger partial charge >= 0.3 is 0 Å². The molecule has 0 aliphatic carbocycles. The quantitative estimate of drug-likeness (QED) is 0.586. The van der Waals surface area contributed by atoms with Crippen molar-refractivity contribution in [3.05, 3.63) is 0 Å². The van der Waals surface area contributed by atoms with Gasteiger partial charge in [-0.2, -0.15) is 0 Å². The number of ketones is 1. The lowest BCUT2D eigenvalue weighted by molar-refractivity contribution is -0.120. The summed E-state index contributed by atoms with van der Waals surface area (Å²) in [7, 11) is 0. The molecule has 0 N–H and O–H groups in total. The van der Waals surface area contributed by atoms with E-state index < -0.39 is 0 Å². The van der Waals surface area contributed by atoms with Gasteiger partial charge in [0.05, 0.1) is 6.61 Å². The van der Waals surface area contributed by atoms with Crippen LogP contribution in [0.15, 0.2) is 0 Å². The van der Waals surface area contributed by atoms with E-state index in [9.17, 15) is 9.90 Å². The summed E-state index contributed by atoms with van der Waals surface area (Å²) in [6.45, 7) is 6.11. The highest BCUT2D eigenvalue weighted by Gasteiger charge is 2.14. The van der Waals surface area contributed by atoms with Crippen molar-refractivity contribution in [2.45, 2.75) is 46.5 Å². The molecule has 0 amide bonds. The Morgan fingerprint density at radius 2 is 1.75 bits per heavy atom. The number of unbranched alkanes of at least 4 members (excludes halogenated alkanes) is 1. The fraction of sp³-hybridized carbons (Fsp3) is 0.900. The molecule has 0 bridgehead atoms. The van der Waals surface area contributed by atoms with E-state index in [0.717, 1.165) is 6.42 Å². The van der Waals surface area contributed by atoms with E-state index in [1.54, 1.807) is 0 Å². The lowest BCUT2D eigenvalue weighted by atomic mass is 9.88. The standard InChI is InChI=1S/C10H19O2/c1-10(2,3)8-9(12)6-4-5-7-11/h4-8H2,1-3H3. The van der Waals surface area contributed by atoms with Gasteiger partial charge in [-0.05, 0) is 18.3 Å². The number of carbonyl (C=O) groups excluding carboxylic acids is 1. The van der Waals surface area contributed by atoms with E-state index in [4.69, 9.17) is 0 Å². The molecule has 0 atom stereocenters. The zero-order valence-corrected chi connectivity index (χ0v) is 8.35. The summed E-state index contributed by atoms with van der Waals surface area (Å²) in [5, 5.41) is 10.1. The molecular formula is C10H19O2. The number of Topliss-reactive ketones (excluding diaryl/α,β-unsaturated/α-hetero) is 1. The Hall–Kier alpha value is -0.370. The molecule has 0 unspecified atom stereocenters. The molecule has 0 fully saturated rings. The van der Waals surface area contributed by atoms with Gasteiger partial charge in [-0.1, -0.05) is 20.8 Å². The van der Waals surface area contributed by atoms with Crippen LogP contribution in [0.2, 0.25) is 0 Å². The number of hydrogen-bond donors (Lipinski definition) is 0. The van der Waals surface area contributed by atoms with Crippen molar-refractivity contribution in [1.82, 2.24) is 0 Å². The Balaban J connectivity index is 3.47. The fourth-order valence-electron chi connectivity index (χ4n) is 1.10. The molecule has 0 aliphatic heterocycles. The summed E-state index contributed by atoms with van der Waals surface area (Å²) >= 11 is 0. The second-order valence-electron chi connectivity index (χ2n) is 4.44. The van der Waals surface area contributed by atoms with Crippen molar-refractivity contribution in [1.29, 1.82) is 0 Å². The lowest BCUT2D eigenvalue weighted by Gasteiger charge is -2.16. The molecule has 0 aromatic rings. The van der Waals surface area contributed by atoms with Gasteiger partial charge in [0.15, 0.2) is 0 Å². The molecule has 0 heterocycles. The monoisotopic (exact) mass is 171 g/mol. The van der Waals surface area contributed by atoms with Gasteiger partial charge in [-0.25, -0.2) is 5.11 Å². The Morgan fingerprint density at radius 1 is 1.17 bits per heavy atom. The molecule has 0 aromatic carbocycles. The van der Waals surface area contributed by atoms with E-state index in [-0.39, 0.29) is 17.8 Å². The molecule has 0 aliphatic rings. The van der Waals surface area contributed by atoms with Gasteiger partial charge in [-0.3, -0.25) is 4.79 Å². The van der Waals surface area contributed by atoms with Crippen LogP contribution in [-0.2, 0) is 9.90 Å². The maximum absolute atomic E-state index is 11.2. The number of carbonyl (C=O) groups is 1. The van der Waals surface area contributed by atoms with Gasteiger partial charge in [0, 0.05) is 12.8 Å². The minimum Gasteiger partial charge on any atom is -0.300 e. The first-order valence-corrected chi connectivity index (χ1v) is 4.55. The van der Waals surface area contributed by atoms with Crippen molar-refractivity contribution >= 4 is 5.78 Å². The molecule has 2 heteroatoms. The topological polar surface area (TPSA) is 37.0 Å². The van der Waals surface area contributed by atoms with Gasteiger partial charge in [0.2, 0.25) is 0 Å². The van der Waals surface area contributed by atoms with Crippen LogP contribution < -0.4 is 0 Å². The third-order valence-corrected chi connectivity index (χ3v) is 1.58. The fourth-order valence-corrected chi connectivity index (χ4v) is 1.10. The van der Waals surface area contributed by atoms with Gasteiger partial charge < -0.3 is 0 Å². The first-order chi connectivity index (χ1) is 5.45. The maximum atomic E-state index is 11.2.